The second-order valence-electron chi connectivity index (χ2n) is 7.96. The normalized spacial score (nSPS) is 17.0. The molecule has 1 saturated heterocycles. The number of hydrogen-bond acceptors (Lipinski definition) is 4. The van der Waals surface area contributed by atoms with Crippen molar-refractivity contribution in [3.63, 3.8) is 0 Å². The predicted octanol–water partition coefficient (Wildman–Crippen LogP) is 4.13. The molecule has 0 bridgehead atoms. The van der Waals surface area contributed by atoms with E-state index in [0.717, 1.165) is 37.2 Å². The maximum absolute atomic E-state index is 13.3. The van der Waals surface area contributed by atoms with Crippen LogP contribution < -0.4 is 0 Å². The average Bonchev–Trinajstić information content (AvgIpc) is 3.50. The van der Waals surface area contributed by atoms with Gasteiger partial charge in [0.05, 0.1) is 18.9 Å². The maximum Gasteiger partial charge on any atom is 0.247 e. The summed E-state index contributed by atoms with van der Waals surface area (Å²) in [5, 5.41) is 0. The summed E-state index contributed by atoms with van der Waals surface area (Å²) in [5.41, 5.74) is 0.948. The van der Waals surface area contributed by atoms with Gasteiger partial charge in [0.1, 0.15) is 12.3 Å². The van der Waals surface area contributed by atoms with E-state index >= 15 is 0 Å². The molecular formula is C25H32N2O4. The molecule has 1 aromatic carbocycles. The van der Waals surface area contributed by atoms with Gasteiger partial charge in [-0.25, -0.2) is 0 Å². The molecule has 0 radical (unpaired) electrons. The molecule has 2 aromatic rings. The summed E-state index contributed by atoms with van der Waals surface area (Å²) < 4.78 is 11.2. The van der Waals surface area contributed by atoms with E-state index in [1.807, 2.05) is 56.3 Å². The Morgan fingerprint density at radius 1 is 1.19 bits per heavy atom. The predicted molar refractivity (Wildman–Crippen MR) is 120 cm³/mol. The minimum atomic E-state index is -0.165. The fourth-order valence-corrected chi connectivity index (χ4v) is 3.62. The summed E-state index contributed by atoms with van der Waals surface area (Å²) in [7, 11) is 0. The van der Waals surface area contributed by atoms with Gasteiger partial charge < -0.3 is 19.0 Å². The largest absolute Gasteiger partial charge is 0.467 e. The zero-order chi connectivity index (χ0) is 22.1. The minimum Gasteiger partial charge on any atom is -0.467 e. The van der Waals surface area contributed by atoms with Crippen LogP contribution in [-0.2, 0) is 20.9 Å². The fraction of sp³-hybridized carbons (Fsp3) is 0.440. The van der Waals surface area contributed by atoms with Gasteiger partial charge in [-0.05, 0) is 50.0 Å². The van der Waals surface area contributed by atoms with Gasteiger partial charge in [-0.15, -0.1) is 0 Å². The highest BCUT2D eigenvalue weighted by molar-refractivity contribution is 5.94. The molecule has 166 valence electrons. The first-order valence-corrected chi connectivity index (χ1v) is 11.0. The third kappa shape index (κ3) is 6.82. The van der Waals surface area contributed by atoms with Crippen molar-refractivity contribution in [1.29, 1.82) is 0 Å². The molecule has 6 nitrogen and oxygen atoms in total. The van der Waals surface area contributed by atoms with Crippen molar-refractivity contribution in [2.24, 2.45) is 0 Å². The highest BCUT2D eigenvalue weighted by Gasteiger charge is 2.27. The van der Waals surface area contributed by atoms with Gasteiger partial charge in [0, 0.05) is 25.3 Å². The monoisotopic (exact) mass is 424 g/mol. The van der Waals surface area contributed by atoms with E-state index in [1.165, 1.54) is 0 Å². The molecule has 0 spiro atoms. The molecular weight excluding hydrogens is 392 g/mol. The van der Waals surface area contributed by atoms with Crippen molar-refractivity contribution in [2.45, 2.75) is 51.8 Å². The Balaban J connectivity index is 1.71. The van der Waals surface area contributed by atoms with Crippen LogP contribution >= 0.6 is 0 Å². The second-order valence-corrected chi connectivity index (χ2v) is 7.96. The molecule has 1 aromatic heterocycles. The fourth-order valence-electron chi connectivity index (χ4n) is 3.62. The van der Waals surface area contributed by atoms with Crippen LogP contribution in [-0.4, -0.2) is 53.5 Å². The first kappa shape index (κ1) is 22.8. The number of furan rings is 1. The Morgan fingerprint density at radius 2 is 2.00 bits per heavy atom. The highest BCUT2D eigenvalue weighted by atomic mass is 16.5. The van der Waals surface area contributed by atoms with Gasteiger partial charge in [0.15, 0.2) is 0 Å². The molecule has 0 N–H and O–H groups in total. The lowest BCUT2D eigenvalue weighted by molar-refractivity contribution is -0.141. The zero-order valence-electron chi connectivity index (χ0n) is 18.4. The summed E-state index contributed by atoms with van der Waals surface area (Å²) in [6.07, 6.45) is 7.69. The number of hydrogen-bond donors (Lipinski definition) is 0. The van der Waals surface area contributed by atoms with Gasteiger partial charge in [0.2, 0.25) is 11.8 Å². The molecule has 2 heterocycles. The molecule has 1 aliphatic heterocycles. The molecule has 2 amide bonds. The number of rotatable bonds is 10. The average molecular weight is 425 g/mol. The van der Waals surface area contributed by atoms with E-state index in [1.54, 1.807) is 28.2 Å². The van der Waals surface area contributed by atoms with E-state index in [4.69, 9.17) is 9.15 Å². The molecule has 2 atom stereocenters. The smallest absolute Gasteiger partial charge is 0.247 e. The number of benzene rings is 1. The van der Waals surface area contributed by atoms with Crippen LogP contribution in [0.4, 0.5) is 0 Å². The second kappa shape index (κ2) is 11.5. The lowest BCUT2D eigenvalue weighted by Crippen LogP contribution is -2.47. The number of carbonyl (C=O) groups excluding carboxylic acids is 2. The molecule has 3 rings (SSSR count). The van der Waals surface area contributed by atoms with Crippen LogP contribution in [0.2, 0.25) is 0 Å². The molecule has 31 heavy (non-hydrogen) atoms. The zero-order valence-corrected chi connectivity index (χ0v) is 18.4. The lowest BCUT2D eigenvalue weighted by Gasteiger charge is -2.31. The summed E-state index contributed by atoms with van der Waals surface area (Å²) in [6, 6.07) is 13.3. The molecule has 1 aliphatic rings. The van der Waals surface area contributed by atoms with E-state index < -0.39 is 0 Å². The van der Waals surface area contributed by atoms with Gasteiger partial charge in [-0.1, -0.05) is 37.3 Å². The molecule has 1 fully saturated rings. The van der Waals surface area contributed by atoms with Crippen molar-refractivity contribution >= 4 is 17.9 Å². The van der Waals surface area contributed by atoms with Crippen molar-refractivity contribution in [1.82, 2.24) is 9.80 Å². The summed E-state index contributed by atoms with van der Waals surface area (Å²) in [5.74, 6) is 0.451. The number of carbonyl (C=O) groups is 2. The Kier molecular flexibility index (Phi) is 8.47. The first-order valence-electron chi connectivity index (χ1n) is 11.0. The summed E-state index contributed by atoms with van der Waals surface area (Å²) in [6.45, 7) is 5.62. The number of amides is 2. The van der Waals surface area contributed by atoms with Crippen LogP contribution in [0.5, 0.6) is 0 Å². The van der Waals surface area contributed by atoms with Crippen LogP contribution in [0, 0.1) is 0 Å². The quantitative estimate of drug-likeness (QED) is 0.538. The van der Waals surface area contributed by atoms with Gasteiger partial charge >= 0.3 is 0 Å². The van der Waals surface area contributed by atoms with Crippen molar-refractivity contribution in [3.05, 3.63) is 66.1 Å². The summed E-state index contributed by atoms with van der Waals surface area (Å²) in [4.78, 5) is 29.6. The number of ether oxygens (including phenoxy) is 1. The Bertz CT molecular complexity index is 842. The van der Waals surface area contributed by atoms with E-state index in [9.17, 15) is 9.59 Å². The highest BCUT2D eigenvalue weighted by Crippen LogP contribution is 2.17. The van der Waals surface area contributed by atoms with Crippen LogP contribution in [0.3, 0.4) is 0 Å². The molecule has 0 aliphatic carbocycles. The SMILES string of the molecule is CC[C@H](C)N(CC(=O)N(Cc1ccco1)C[C@H]1CCCO1)C(=O)/C=C/c1ccccc1. The van der Waals surface area contributed by atoms with Crippen molar-refractivity contribution in [2.75, 3.05) is 19.7 Å². The molecule has 6 heteroatoms. The van der Waals surface area contributed by atoms with E-state index in [0.29, 0.717) is 13.1 Å². The molecule has 0 saturated carbocycles. The van der Waals surface area contributed by atoms with E-state index in [-0.39, 0.29) is 30.5 Å². The topological polar surface area (TPSA) is 63.0 Å². The van der Waals surface area contributed by atoms with E-state index in [2.05, 4.69) is 0 Å². The van der Waals surface area contributed by atoms with Crippen LogP contribution in [0.1, 0.15) is 44.4 Å². The van der Waals surface area contributed by atoms with Crippen molar-refractivity contribution in [3.8, 4) is 0 Å². The maximum atomic E-state index is 13.3. The summed E-state index contributed by atoms with van der Waals surface area (Å²) >= 11 is 0. The standard InChI is InChI=1S/C25H32N2O4/c1-3-20(2)27(24(28)14-13-21-9-5-4-6-10-21)19-25(29)26(17-22-11-7-15-30-22)18-23-12-8-16-31-23/h4-7,9-11,13-15,20,23H,3,8,12,16-19H2,1-2H3/b14-13+/t20-,23+/m0/s1. The van der Waals surface area contributed by atoms with Crippen LogP contribution in [0.25, 0.3) is 6.08 Å². The lowest BCUT2D eigenvalue weighted by atomic mass is 10.1. The Morgan fingerprint density at radius 3 is 2.65 bits per heavy atom. The molecule has 0 unspecified atom stereocenters. The third-order valence-corrected chi connectivity index (χ3v) is 5.66. The van der Waals surface area contributed by atoms with Crippen LogP contribution in [0.15, 0.2) is 59.2 Å². The van der Waals surface area contributed by atoms with Crippen molar-refractivity contribution < 1.29 is 18.7 Å². The third-order valence-electron chi connectivity index (χ3n) is 5.66. The van der Waals surface area contributed by atoms with Gasteiger partial charge in [0.25, 0.3) is 0 Å². The van der Waals surface area contributed by atoms with Gasteiger partial charge in [-0.2, -0.15) is 0 Å². The number of nitrogens with zero attached hydrogens (tertiary/aromatic N) is 2. The minimum absolute atomic E-state index is 0.0282. The first-order chi connectivity index (χ1) is 15.1. The Hall–Kier alpha value is -2.86. The van der Waals surface area contributed by atoms with Gasteiger partial charge in [-0.3, -0.25) is 9.59 Å². The Labute approximate surface area is 184 Å².